The van der Waals surface area contributed by atoms with Gasteiger partial charge in [-0.25, -0.2) is 9.07 Å². The quantitative estimate of drug-likeness (QED) is 0.760. The summed E-state index contributed by atoms with van der Waals surface area (Å²) in [6, 6.07) is 14.5. The molecule has 0 amide bonds. The molecule has 0 aliphatic heterocycles. The Morgan fingerprint density at radius 1 is 1.14 bits per heavy atom. The van der Waals surface area contributed by atoms with Crippen molar-refractivity contribution in [2.75, 3.05) is 5.32 Å². The highest BCUT2D eigenvalue weighted by Crippen LogP contribution is 2.20. The van der Waals surface area contributed by atoms with Crippen LogP contribution in [0.25, 0.3) is 5.69 Å². The molecule has 0 saturated heterocycles. The fraction of sp³-hybridized carbons (Fsp3) is 0.0625. The maximum absolute atomic E-state index is 13.3. The Bertz CT molecular complexity index is 741. The number of rotatable bonds is 4. The van der Waals surface area contributed by atoms with E-state index in [0.29, 0.717) is 6.54 Å². The monoisotopic (exact) mass is 345 g/mol. The van der Waals surface area contributed by atoms with Gasteiger partial charge in [0.05, 0.1) is 5.69 Å². The van der Waals surface area contributed by atoms with Crippen LogP contribution in [0.3, 0.4) is 0 Å². The lowest BCUT2D eigenvalue weighted by Crippen LogP contribution is -2.02. The summed E-state index contributed by atoms with van der Waals surface area (Å²) < 4.78 is 15.9. The van der Waals surface area contributed by atoms with Crippen molar-refractivity contribution in [2.45, 2.75) is 6.54 Å². The van der Waals surface area contributed by atoms with E-state index in [1.165, 1.54) is 12.1 Å². The molecule has 0 spiro atoms. The second-order valence-electron chi connectivity index (χ2n) is 4.59. The second kappa shape index (κ2) is 6.10. The SMILES string of the molecule is Fc1ccc(Br)c(CNc2cccc(-n3cccn3)c2)c1. The standard InChI is InChI=1S/C16H13BrFN3/c17-16-6-5-13(18)9-12(16)11-19-14-3-1-4-15(10-14)21-8-2-7-20-21/h1-10,19H,11H2. The zero-order valence-electron chi connectivity index (χ0n) is 11.1. The van der Waals surface area contributed by atoms with Crippen molar-refractivity contribution in [1.82, 2.24) is 9.78 Å². The summed E-state index contributed by atoms with van der Waals surface area (Å²) >= 11 is 3.43. The molecule has 21 heavy (non-hydrogen) atoms. The van der Waals surface area contributed by atoms with Gasteiger partial charge < -0.3 is 5.32 Å². The Balaban J connectivity index is 1.76. The molecule has 0 atom stereocenters. The summed E-state index contributed by atoms with van der Waals surface area (Å²) in [6.07, 6.45) is 3.63. The van der Waals surface area contributed by atoms with Gasteiger partial charge in [-0.05, 0) is 48.0 Å². The van der Waals surface area contributed by atoms with Crippen LogP contribution in [0.15, 0.2) is 65.4 Å². The third-order valence-electron chi connectivity index (χ3n) is 3.11. The van der Waals surface area contributed by atoms with Crippen LogP contribution in [0.2, 0.25) is 0 Å². The predicted molar refractivity (Wildman–Crippen MR) is 85.0 cm³/mol. The van der Waals surface area contributed by atoms with Crippen molar-refractivity contribution in [2.24, 2.45) is 0 Å². The number of hydrogen-bond donors (Lipinski definition) is 1. The highest BCUT2D eigenvalue weighted by Gasteiger charge is 2.03. The van der Waals surface area contributed by atoms with E-state index in [2.05, 4.69) is 26.3 Å². The zero-order chi connectivity index (χ0) is 14.7. The van der Waals surface area contributed by atoms with E-state index < -0.39 is 0 Å². The first-order valence-electron chi connectivity index (χ1n) is 6.50. The van der Waals surface area contributed by atoms with E-state index in [-0.39, 0.29) is 5.82 Å². The number of anilines is 1. The van der Waals surface area contributed by atoms with E-state index in [1.54, 1.807) is 16.9 Å². The molecule has 3 nitrogen and oxygen atoms in total. The molecule has 0 unspecified atom stereocenters. The number of aromatic nitrogens is 2. The van der Waals surface area contributed by atoms with Gasteiger partial charge in [0.25, 0.3) is 0 Å². The van der Waals surface area contributed by atoms with Gasteiger partial charge in [0.2, 0.25) is 0 Å². The minimum absolute atomic E-state index is 0.236. The van der Waals surface area contributed by atoms with Crippen LogP contribution < -0.4 is 5.32 Å². The van der Waals surface area contributed by atoms with Crippen molar-refractivity contribution < 1.29 is 4.39 Å². The minimum Gasteiger partial charge on any atom is -0.381 e. The Labute approximate surface area is 130 Å². The van der Waals surface area contributed by atoms with E-state index >= 15 is 0 Å². The summed E-state index contributed by atoms with van der Waals surface area (Å²) in [5.41, 5.74) is 2.81. The third kappa shape index (κ3) is 3.31. The molecular weight excluding hydrogens is 333 g/mol. The Kier molecular flexibility index (Phi) is 4.01. The minimum atomic E-state index is -0.236. The molecule has 1 heterocycles. The predicted octanol–water partition coefficient (Wildman–Crippen LogP) is 4.39. The van der Waals surface area contributed by atoms with Crippen molar-refractivity contribution >= 4 is 21.6 Å². The Morgan fingerprint density at radius 2 is 2.05 bits per heavy atom. The molecule has 1 N–H and O–H groups in total. The van der Waals surface area contributed by atoms with Gasteiger partial charge in [-0.3, -0.25) is 0 Å². The summed E-state index contributed by atoms with van der Waals surface area (Å²) in [4.78, 5) is 0. The summed E-state index contributed by atoms with van der Waals surface area (Å²) in [7, 11) is 0. The fourth-order valence-electron chi connectivity index (χ4n) is 2.06. The summed E-state index contributed by atoms with van der Waals surface area (Å²) in [6.45, 7) is 0.543. The molecule has 1 aromatic heterocycles. The maximum Gasteiger partial charge on any atom is 0.123 e. The molecule has 106 valence electrons. The molecule has 0 aliphatic carbocycles. The van der Waals surface area contributed by atoms with Gasteiger partial charge in [-0.15, -0.1) is 0 Å². The van der Waals surface area contributed by atoms with Crippen molar-refractivity contribution in [1.29, 1.82) is 0 Å². The van der Waals surface area contributed by atoms with Crippen molar-refractivity contribution in [3.63, 3.8) is 0 Å². The normalized spacial score (nSPS) is 10.6. The summed E-state index contributed by atoms with van der Waals surface area (Å²) in [5, 5.41) is 7.50. The van der Waals surface area contributed by atoms with Gasteiger partial charge >= 0.3 is 0 Å². The first kappa shape index (κ1) is 13.8. The number of nitrogens with one attached hydrogen (secondary N) is 1. The second-order valence-corrected chi connectivity index (χ2v) is 5.44. The Morgan fingerprint density at radius 3 is 2.86 bits per heavy atom. The molecule has 0 saturated carbocycles. The smallest absolute Gasteiger partial charge is 0.123 e. The van der Waals surface area contributed by atoms with Gasteiger partial charge in [0, 0.05) is 29.1 Å². The average Bonchev–Trinajstić information content (AvgIpc) is 3.03. The average molecular weight is 346 g/mol. The van der Waals surface area contributed by atoms with Crippen LogP contribution in [0.4, 0.5) is 10.1 Å². The Hall–Kier alpha value is -2.14. The van der Waals surface area contributed by atoms with Crippen molar-refractivity contribution in [3.8, 4) is 5.69 Å². The van der Waals surface area contributed by atoms with Crippen LogP contribution in [-0.4, -0.2) is 9.78 Å². The molecule has 0 aliphatic rings. The van der Waals surface area contributed by atoms with Gasteiger partial charge in [0.1, 0.15) is 5.82 Å². The van der Waals surface area contributed by atoms with Crippen LogP contribution in [0.5, 0.6) is 0 Å². The third-order valence-corrected chi connectivity index (χ3v) is 3.88. The fourth-order valence-corrected chi connectivity index (χ4v) is 2.44. The van der Waals surface area contributed by atoms with Crippen molar-refractivity contribution in [3.05, 3.63) is 76.8 Å². The molecule has 5 heteroatoms. The topological polar surface area (TPSA) is 29.9 Å². The molecule has 3 aromatic rings. The van der Waals surface area contributed by atoms with Crippen LogP contribution in [-0.2, 0) is 6.54 Å². The van der Waals surface area contributed by atoms with Crippen LogP contribution >= 0.6 is 15.9 Å². The number of halogens is 2. The first-order chi connectivity index (χ1) is 10.2. The largest absolute Gasteiger partial charge is 0.381 e. The molecule has 2 aromatic carbocycles. The van der Waals surface area contributed by atoms with Gasteiger partial charge in [0.15, 0.2) is 0 Å². The molecule has 0 fully saturated rings. The van der Waals surface area contributed by atoms with E-state index in [0.717, 1.165) is 21.4 Å². The van der Waals surface area contributed by atoms with Gasteiger partial charge in [-0.1, -0.05) is 22.0 Å². The number of nitrogens with zero attached hydrogens (tertiary/aromatic N) is 2. The lowest BCUT2D eigenvalue weighted by atomic mass is 10.2. The summed E-state index contributed by atoms with van der Waals surface area (Å²) in [5.74, 6) is -0.236. The lowest BCUT2D eigenvalue weighted by Gasteiger charge is -2.10. The first-order valence-corrected chi connectivity index (χ1v) is 7.29. The van der Waals surface area contributed by atoms with Crippen LogP contribution in [0, 0.1) is 5.82 Å². The van der Waals surface area contributed by atoms with Gasteiger partial charge in [-0.2, -0.15) is 5.10 Å². The van der Waals surface area contributed by atoms with E-state index in [4.69, 9.17) is 0 Å². The number of benzene rings is 2. The molecular formula is C16H13BrFN3. The molecule has 3 rings (SSSR count). The zero-order valence-corrected chi connectivity index (χ0v) is 12.7. The number of hydrogen-bond acceptors (Lipinski definition) is 2. The molecule has 0 radical (unpaired) electrons. The van der Waals surface area contributed by atoms with E-state index in [9.17, 15) is 4.39 Å². The van der Waals surface area contributed by atoms with E-state index in [1.807, 2.05) is 36.5 Å². The maximum atomic E-state index is 13.3. The molecule has 0 bridgehead atoms. The van der Waals surface area contributed by atoms with Crippen LogP contribution in [0.1, 0.15) is 5.56 Å². The lowest BCUT2D eigenvalue weighted by molar-refractivity contribution is 0.625. The highest BCUT2D eigenvalue weighted by molar-refractivity contribution is 9.10. The highest BCUT2D eigenvalue weighted by atomic mass is 79.9.